The second-order valence-electron chi connectivity index (χ2n) is 10.5. The molecule has 4 aliphatic rings. The van der Waals surface area contributed by atoms with Gasteiger partial charge >= 0.3 is 0 Å². The number of carbonyl (C=O) groups excluding carboxylic acids is 1. The minimum absolute atomic E-state index is 0.0422. The van der Waals surface area contributed by atoms with E-state index in [0.29, 0.717) is 37.5 Å². The van der Waals surface area contributed by atoms with Crippen LogP contribution in [0.2, 0.25) is 0 Å². The second kappa shape index (κ2) is 10.7. The Labute approximate surface area is 203 Å². The van der Waals surface area contributed by atoms with Crippen LogP contribution in [0.25, 0.3) is 0 Å². The number of nitrogens with one attached hydrogen (secondary N) is 4. The van der Waals surface area contributed by atoms with E-state index in [-0.39, 0.29) is 40.8 Å². The van der Waals surface area contributed by atoms with Gasteiger partial charge in [0, 0.05) is 50.1 Å². The lowest BCUT2D eigenvalue weighted by molar-refractivity contribution is -0.130. The summed E-state index contributed by atoms with van der Waals surface area (Å²) in [4.78, 5) is 13.4. The van der Waals surface area contributed by atoms with Gasteiger partial charge in [0.1, 0.15) is 5.50 Å². The Balaban J connectivity index is 1.35. The monoisotopic (exact) mass is 503 g/mol. The summed E-state index contributed by atoms with van der Waals surface area (Å²) >= 11 is 1.63. The van der Waals surface area contributed by atoms with E-state index in [0.717, 1.165) is 19.3 Å². The fraction of sp³-hybridized carbons (Fsp3) is 0.955. The molecule has 0 radical (unpaired) electrons. The number of thioether (sulfide) groups is 1. The maximum Gasteiger partial charge on any atom is 0.279 e. The van der Waals surface area contributed by atoms with Crippen LogP contribution < -0.4 is 20.7 Å². The van der Waals surface area contributed by atoms with Crippen LogP contribution in [0, 0.1) is 17.8 Å². The average Bonchev–Trinajstić information content (AvgIpc) is 3.32. The highest BCUT2D eigenvalue weighted by atomic mass is 32.2. The molecule has 4 N–H and O–H groups in total. The van der Waals surface area contributed by atoms with Gasteiger partial charge in [-0.1, -0.05) is 12.8 Å². The number of piperidine rings is 1. The standard InChI is InChI=1S/C22H41N5O4S2/c1-13(2)26-33(29,30)27-11-18-20(12-27)32-22(24-18)25-21(28)17-10-23-14(3)9-16(17)15-7-5-6-8-19(15)31-4/h13-20,22-24,26H,5-12H2,1-4H3,(H,25,28). The van der Waals surface area contributed by atoms with Gasteiger partial charge in [-0.15, -0.1) is 11.8 Å². The highest BCUT2D eigenvalue weighted by Gasteiger charge is 2.47. The zero-order valence-corrected chi connectivity index (χ0v) is 21.9. The van der Waals surface area contributed by atoms with Gasteiger partial charge in [0.15, 0.2) is 0 Å². The van der Waals surface area contributed by atoms with Gasteiger partial charge in [-0.3, -0.25) is 10.1 Å². The normalized spacial score (nSPS) is 40.2. The van der Waals surface area contributed by atoms with E-state index >= 15 is 0 Å². The molecule has 190 valence electrons. The Morgan fingerprint density at radius 1 is 1.18 bits per heavy atom. The van der Waals surface area contributed by atoms with Crippen molar-refractivity contribution in [3.05, 3.63) is 0 Å². The van der Waals surface area contributed by atoms with Crippen molar-refractivity contribution in [3.8, 4) is 0 Å². The van der Waals surface area contributed by atoms with Crippen LogP contribution >= 0.6 is 11.8 Å². The number of hydrogen-bond acceptors (Lipinski definition) is 7. The average molecular weight is 504 g/mol. The zero-order chi connectivity index (χ0) is 23.8. The number of methoxy groups -OCH3 is 1. The van der Waals surface area contributed by atoms with Gasteiger partial charge < -0.3 is 15.4 Å². The summed E-state index contributed by atoms with van der Waals surface area (Å²) in [6.45, 7) is 7.43. The highest BCUT2D eigenvalue weighted by Crippen LogP contribution is 2.40. The van der Waals surface area contributed by atoms with Crippen LogP contribution in [0.15, 0.2) is 0 Å². The molecule has 33 heavy (non-hydrogen) atoms. The van der Waals surface area contributed by atoms with E-state index in [4.69, 9.17) is 4.74 Å². The number of fused-ring (bicyclic) bond motifs is 1. The van der Waals surface area contributed by atoms with Crippen LogP contribution in [0.3, 0.4) is 0 Å². The van der Waals surface area contributed by atoms with E-state index < -0.39 is 10.2 Å². The van der Waals surface area contributed by atoms with Crippen LogP contribution in [0.4, 0.5) is 0 Å². The van der Waals surface area contributed by atoms with Gasteiger partial charge in [-0.05, 0) is 51.9 Å². The van der Waals surface area contributed by atoms with Crippen LogP contribution in [-0.2, 0) is 19.7 Å². The van der Waals surface area contributed by atoms with Gasteiger partial charge in [0.2, 0.25) is 5.91 Å². The van der Waals surface area contributed by atoms with Crippen LogP contribution in [0.5, 0.6) is 0 Å². The molecule has 4 fully saturated rings. The third-order valence-corrected chi connectivity index (χ3v) is 10.8. The van der Waals surface area contributed by atoms with Gasteiger partial charge in [-0.25, -0.2) is 0 Å². The van der Waals surface area contributed by atoms with E-state index in [9.17, 15) is 13.2 Å². The summed E-state index contributed by atoms with van der Waals surface area (Å²) < 4.78 is 35.0. The predicted octanol–water partition coefficient (Wildman–Crippen LogP) is 0.838. The van der Waals surface area contributed by atoms with Gasteiger partial charge in [0.25, 0.3) is 10.2 Å². The SMILES string of the molecule is COC1CCCCC1C1CC(C)NCC1C(=O)NC1NC2CN(S(=O)(=O)NC(C)C)CC2S1. The molecule has 0 bridgehead atoms. The minimum Gasteiger partial charge on any atom is -0.381 e. The molecule has 8 unspecified atom stereocenters. The third kappa shape index (κ3) is 5.87. The molecule has 8 atom stereocenters. The molecule has 11 heteroatoms. The quantitative estimate of drug-likeness (QED) is 0.407. The summed E-state index contributed by atoms with van der Waals surface area (Å²) in [6, 6.07) is 0.314. The number of nitrogens with zero attached hydrogens (tertiary/aromatic N) is 1. The Morgan fingerprint density at radius 3 is 2.64 bits per heavy atom. The lowest BCUT2D eigenvalue weighted by atomic mass is 9.68. The Bertz CT molecular complexity index is 784. The first-order chi connectivity index (χ1) is 15.7. The first kappa shape index (κ1) is 25.7. The molecule has 0 aromatic carbocycles. The molecule has 0 spiro atoms. The summed E-state index contributed by atoms with van der Waals surface area (Å²) in [6.07, 6.45) is 5.88. The summed E-state index contributed by atoms with van der Waals surface area (Å²) in [5.74, 6) is 0.771. The van der Waals surface area contributed by atoms with E-state index in [1.165, 1.54) is 17.1 Å². The molecular weight excluding hydrogens is 462 g/mol. The van der Waals surface area contributed by atoms with Gasteiger partial charge in [0.05, 0.1) is 12.0 Å². The zero-order valence-electron chi connectivity index (χ0n) is 20.2. The number of carbonyl (C=O) groups is 1. The lowest BCUT2D eigenvalue weighted by Gasteiger charge is -2.44. The van der Waals surface area contributed by atoms with Crippen LogP contribution in [-0.4, -0.2) is 80.4 Å². The number of amides is 1. The van der Waals surface area contributed by atoms with Crippen molar-refractivity contribution in [1.82, 2.24) is 25.0 Å². The smallest absolute Gasteiger partial charge is 0.279 e. The summed E-state index contributed by atoms with van der Waals surface area (Å²) in [5, 5.41) is 10.3. The largest absolute Gasteiger partial charge is 0.381 e. The Hall–Kier alpha value is -0.430. The van der Waals surface area contributed by atoms with Crippen molar-refractivity contribution in [1.29, 1.82) is 0 Å². The van der Waals surface area contributed by atoms with Crippen LogP contribution in [0.1, 0.15) is 52.9 Å². The maximum atomic E-state index is 13.4. The van der Waals surface area contributed by atoms with Gasteiger partial charge in [-0.2, -0.15) is 17.4 Å². The lowest BCUT2D eigenvalue weighted by Crippen LogP contribution is -2.55. The number of hydrogen-bond donors (Lipinski definition) is 4. The Morgan fingerprint density at radius 2 is 1.94 bits per heavy atom. The molecule has 1 saturated carbocycles. The molecule has 9 nitrogen and oxygen atoms in total. The number of ether oxygens (including phenoxy) is 1. The molecule has 1 amide bonds. The maximum absolute atomic E-state index is 13.4. The molecule has 3 saturated heterocycles. The first-order valence-corrected chi connectivity index (χ1v) is 14.8. The molecule has 0 aromatic heterocycles. The second-order valence-corrected chi connectivity index (χ2v) is 13.5. The summed E-state index contributed by atoms with van der Waals surface area (Å²) in [7, 11) is -1.66. The fourth-order valence-corrected chi connectivity index (χ4v) is 9.09. The third-order valence-electron chi connectivity index (χ3n) is 7.68. The van der Waals surface area contributed by atoms with E-state index in [1.807, 2.05) is 13.8 Å². The van der Waals surface area contributed by atoms with E-state index in [2.05, 4.69) is 27.6 Å². The van der Waals surface area contributed by atoms with Crippen molar-refractivity contribution < 1.29 is 17.9 Å². The molecule has 3 aliphatic heterocycles. The van der Waals surface area contributed by atoms with Crippen molar-refractivity contribution in [3.63, 3.8) is 0 Å². The Kier molecular flexibility index (Phi) is 8.30. The van der Waals surface area contributed by atoms with Crippen molar-refractivity contribution in [2.75, 3.05) is 26.7 Å². The number of rotatable bonds is 7. The molecular formula is C22H41N5O4S2. The molecule has 4 rings (SSSR count). The minimum atomic E-state index is -3.47. The molecule has 0 aromatic rings. The first-order valence-electron chi connectivity index (χ1n) is 12.4. The van der Waals surface area contributed by atoms with Crippen molar-refractivity contribution >= 4 is 27.9 Å². The highest BCUT2D eigenvalue weighted by molar-refractivity contribution is 8.00. The molecule has 1 aliphatic carbocycles. The topological polar surface area (TPSA) is 112 Å². The van der Waals surface area contributed by atoms with Crippen molar-refractivity contribution in [2.45, 2.75) is 87.9 Å². The molecule has 3 heterocycles. The van der Waals surface area contributed by atoms with Crippen molar-refractivity contribution in [2.24, 2.45) is 17.8 Å². The fourth-order valence-electron chi connectivity index (χ4n) is 6.13. The predicted molar refractivity (Wildman–Crippen MR) is 131 cm³/mol. The summed E-state index contributed by atoms with van der Waals surface area (Å²) in [5.41, 5.74) is -0.181. The van der Waals surface area contributed by atoms with E-state index in [1.54, 1.807) is 18.9 Å².